The highest BCUT2D eigenvalue weighted by Gasteiger charge is 2.14. The van der Waals surface area contributed by atoms with E-state index in [1.54, 1.807) is 0 Å². The normalized spacial score (nSPS) is 10.9. The average molecular weight is 257 g/mol. The van der Waals surface area contributed by atoms with Crippen LogP contribution < -0.4 is 4.90 Å². The summed E-state index contributed by atoms with van der Waals surface area (Å²) in [7, 11) is 0. The van der Waals surface area contributed by atoms with Crippen LogP contribution in [0.5, 0.6) is 0 Å². The predicted octanol–water partition coefficient (Wildman–Crippen LogP) is 3.53. The highest BCUT2D eigenvalue weighted by molar-refractivity contribution is 5.94. The molecule has 0 aliphatic heterocycles. The first-order chi connectivity index (χ1) is 9.09. The molecule has 0 saturated carbocycles. The van der Waals surface area contributed by atoms with Crippen LogP contribution in [0.2, 0.25) is 0 Å². The molecule has 19 heavy (non-hydrogen) atoms. The Bertz CT molecular complexity index is 572. The zero-order valence-corrected chi connectivity index (χ0v) is 11.3. The molecule has 0 atom stereocenters. The molecule has 0 unspecified atom stereocenters. The molecule has 0 heterocycles. The Balaban J connectivity index is 2.41. The minimum atomic E-state index is -0.758. The van der Waals surface area contributed by atoms with E-state index in [4.69, 9.17) is 5.11 Å². The van der Waals surface area contributed by atoms with Gasteiger partial charge in [-0.15, -0.1) is 0 Å². The van der Waals surface area contributed by atoms with E-state index >= 15 is 0 Å². The summed E-state index contributed by atoms with van der Waals surface area (Å²) < 4.78 is 0. The summed E-state index contributed by atoms with van der Waals surface area (Å²) in [5.74, 6) is -0.758. The third-order valence-electron chi connectivity index (χ3n) is 3.27. The van der Waals surface area contributed by atoms with E-state index in [9.17, 15) is 4.79 Å². The van der Waals surface area contributed by atoms with Gasteiger partial charge in [-0.2, -0.15) is 0 Å². The van der Waals surface area contributed by atoms with E-state index in [0.717, 1.165) is 5.69 Å². The Hall–Kier alpha value is -2.03. The standard InChI is InChI=1S/C16H19NO2/c1-12(2)17(11-10-16(18)19)15-9-5-7-13-6-3-4-8-14(13)15/h3-9,12H,10-11H2,1-2H3,(H,18,19). The molecule has 2 rings (SSSR count). The average Bonchev–Trinajstić information content (AvgIpc) is 2.38. The Labute approximate surface area is 113 Å². The monoisotopic (exact) mass is 257 g/mol. The maximum atomic E-state index is 10.8. The number of carboxylic acid groups (broad SMARTS) is 1. The van der Waals surface area contributed by atoms with Gasteiger partial charge in [0.05, 0.1) is 6.42 Å². The minimum Gasteiger partial charge on any atom is -0.481 e. The lowest BCUT2D eigenvalue weighted by molar-refractivity contribution is -0.136. The number of hydrogen-bond donors (Lipinski definition) is 1. The minimum absolute atomic E-state index is 0.154. The molecule has 2 aromatic rings. The fourth-order valence-electron chi connectivity index (χ4n) is 2.33. The first-order valence-corrected chi connectivity index (χ1v) is 6.56. The lowest BCUT2D eigenvalue weighted by Crippen LogP contribution is -2.33. The summed E-state index contributed by atoms with van der Waals surface area (Å²) >= 11 is 0. The van der Waals surface area contributed by atoms with E-state index in [1.165, 1.54) is 10.8 Å². The van der Waals surface area contributed by atoms with Crippen molar-refractivity contribution in [3.8, 4) is 0 Å². The Kier molecular flexibility index (Phi) is 4.05. The number of aliphatic carboxylic acids is 1. The topological polar surface area (TPSA) is 40.5 Å². The van der Waals surface area contributed by atoms with Crippen LogP contribution in [0.1, 0.15) is 20.3 Å². The van der Waals surface area contributed by atoms with Crippen LogP contribution in [0, 0.1) is 0 Å². The lowest BCUT2D eigenvalue weighted by atomic mass is 10.1. The summed E-state index contributed by atoms with van der Waals surface area (Å²) in [6.07, 6.45) is 0.154. The molecule has 2 aromatic carbocycles. The number of carboxylic acids is 1. The molecule has 0 saturated heterocycles. The fourth-order valence-corrected chi connectivity index (χ4v) is 2.33. The van der Waals surface area contributed by atoms with Gasteiger partial charge in [0.15, 0.2) is 0 Å². The number of rotatable bonds is 5. The zero-order chi connectivity index (χ0) is 13.8. The molecule has 0 bridgehead atoms. The van der Waals surface area contributed by atoms with Crippen molar-refractivity contribution in [2.75, 3.05) is 11.4 Å². The van der Waals surface area contributed by atoms with Crippen molar-refractivity contribution in [3.63, 3.8) is 0 Å². The van der Waals surface area contributed by atoms with Crippen LogP contribution >= 0.6 is 0 Å². The van der Waals surface area contributed by atoms with Gasteiger partial charge in [0, 0.05) is 23.7 Å². The molecule has 0 aliphatic carbocycles. The van der Waals surface area contributed by atoms with Gasteiger partial charge in [-0.1, -0.05) is 36.4 Å². The molecule has 0 fully saturated rings. The second-order valence-corrected chi connectivity index (χ2v) is 4.93. The quantitative estimate of drug-likeness (QED) is 0.890. The van der Waals surface area contributed by atoms with Crippen LogP contribution in [0.4, 0.5) is 5.69 Å². The van der Waals surface area contributed by atoms with Gasteiger partial charge in [0.2, 0.25) is 0 Å². The number of carbonyl (C=O) groups is 1. The summed E-state index contributed by atoms with van der Waals surface area (Å²) in [5, 5.41) is 11.2. The fraction of sp³-hybridized carbons (Fsp3) is 0.312. The smallest absolute Gasteiger partial charge is 0.305 e. The van der Waals surface area contributed by atoms with Crippen LogP contribution in [0.25, 0.3) is 10.8 Å². The molecular weight excluding hydrogens is 238 g/mol. The summed E-state index contributed by atoms with van der Waals surface area (Å²) in [4.78, 5) is 12.9. The van der Waals surface area contributed by atoms with Gasteiger partial charge in [-0.3, -0.25) is 4.79 Å². The van der Waals surface area contributed by atoms with E-state index in [1.807, 2.05) is 18.2 Å². The number of benzene rings is 2. The van der Waals surface area contributed by atoms with E-state index in [0.29, 0.717) is 6.54 Å². The summed E-state index contributed by atoms with van der Waals surface area (Å²) in [6, 6.07) is 14.6. The first kappa shape index (κ1) is 13.4. The molecule has 0 radical (unpaired) electrons. The molecule has 0 aliphatic rings. The van der Waals surface area contributed by atoms with Gasteiger partial charge in [-0.05, 0) is 25.3 Å². The van der Waals surface area contributed by atoms with Crippen molar-refractivity contribution in [2.24, 2.45) is 0 Å². The van der Waals surface area contributed by atoms with Crippen LogP contribution in [-0.2, 0) is 4.79 Å². The second kappa shape index (κ2) is 5.74. The van der Waals surface area contributed by atoms with Crippen molar-refractivity contribution in [1.82, 2.24) is 0 Å². The Morgan fingerprint density at radius 1 is 1.16 bits per heavy atom. The molecular formula is C16H19NO2. The Morgan fingerprint density at radius 2 is 1.84 bits per heavy atom. The van der Waals surface area contributed by atoms with E-state index in [2.05, 4.69) is 43.0 Å². The molecule has 0 aromatic heterocycles. The maximum Gasteiger partial charge on any atom is 0.305 e. The van der Waals surface area contributed by atoms with Crippen LogP contribution in [0.15, 0.2) is 42.5 Å². The highest BCUT2D eigenvalue weighted by Crippen LogP contribution is 2.28. The van der Waals surface area contributed by atoms with E-state index in [-0.39, 0.29) is 12.5 Å². The molecule has 100 valence electrons. The third kappa shape index (κ3) is 3.05. The van der Waals surface area contributed by atoms with Crippen molar-refractivity contribution < 1.29 is 9.90 Å². The SMILES string of the molecule is CC(C)N(CCC(=O)O)c1cccc2ccccc12. The van der Waals surface area contributed by atoms with Gasteiger partial charge in [-0.25, -0.2) is 0 Å². The van der Waals surface area contributed by atoms with Crippen molar-refractivity contribution >= 4 is 22.4 Å². The maximum absolute atomic E-state index is 10.8. The molecule has 3 heteroatoms. The van der Waals surface area contributed by atoms with Crippen molar-refractivity contribution in [3.05, 3.63) is 42.5 Å². The predicted molar refractivity (Wildman–Crippen MR) is 78.7 cm³/mol. The van der Waals surface area contributed by atoms with Crippen LogP contribution in [0.3, 0.4) is 0 Å². The van der Waals surface area contributed by atoms with Gasteiger partial charge in [0.25, 0.3) is 0 Å². The van der Waals surface area contributed by atoms with Gasteiger partial charge in [0.1, 0.15) is 0 Å². The largest absolute Gasteiger partial charge is 0.481 e. The first-order valence-electron chi connectivity index (χ1n) is 6.56. The van der Waals surface area contributed by atoms with E-state index < -0.39 is 5.97 Å². The third-order valence-corrected chi connectivity index (χ3v) is 3.27. The van der Waals surface area contributed by atoms with Crippen LogP contribution in [-0.4, -0.2) is 23.7 Å². The van der Waals surface area contributed by atoms with Crippen molar-refractivity contribution in [1.29, 1.82) is 0 Å². The number of fused-ring (bicyclic) bond motifs is 1. The van der Waals surface area contributed by atoms with Crippen molar-refractivity contribution in [2.45, 2.75) is 26.3 Å². The second-order valence-electron chi connectivity index (χ2n) is 4.93. The molecule has 0 spiro atoms. The Morgan fingerprint density at radius 3 is 2.53 bits per heavy atom. The summed E-state index contributed by atoms with van der Waals surface area (Å²) in [6.45, 7) is 4.70. The summed E-state index contributed by atoms with van der Waals surface area (Å²) in [5.41, 5.74) is 1.11. The molecule has 0 amide bonds. The lowest BCUT2D eigenvalue weighted by Gasteiger charge is -2.29. The van der Waals surface area contributed by atoms with Gasteiger partial charge >= 0.3 is 5.97 Å². The number of hydrogen-bond acceptors (Lipinski definition) is 2. The zero-order valence-electron chi connectivity index (χ0n) is 11.3. The highest BCUT2D eigenvalue weighted by atomic mass is 16.4. The number of anilines is 1. The number of nitrogens with zero attached hydrogens (tertiary/aromatic N) is 1. The molecule has 1 N–H and O–H groups in total. The van der Waals surface area contributed by atoms with Gasteiger partial charge < -0.3 is 10.0 Å². The molecule has 3 nitrogen and oxygen atoms in total.